The fraction of sp³-hybridized carbons (Fsp3) is 0.222. The third-order valence-corrected chi connectivity index (χ3v) is 5.36. The van der Waals surface area contributed by atoms with Crippen LogP contribution in [0.25, 0.3) is 0 Å². The molecule has 0 radical (unpaired) electrons. The second-order valence-electron chi connectivity index (χ2n) is 6.18. The number of nitrogens with two attached hydrogens (primary N) is 3. The summed E-state index contributed by atoms with van der Waals surface area (Å²) in [5.74, 6) is -2.54. The van der Waals surface area contributed by atoms with Crippen molar-refractivity contribution in [2.75, 3.05) is 12.3 Å². The second kappa shape index (κ2) is 9.13. The summed E-state index contributed by atoms with van der Waals surface area (Å²) in [4.78, 5) is 15.0. The van der Waals surface area contributed by atoms with Crippen molar-refractivity contribution in [2.24, 2.45) is 22.2 Å². The zero-order chi connectivity index (χ0) is 22.5. The minimum Gasteiger partial charge on any atom is -0.457 e. The Kier molecular flexibility index (Phi) is 7.05. The van der Waals surface area contributed by atoms with Gasteiger partial charge in [-0.05, 0) is 35.9 Å². The molecule has 0 spiro atoms. The Bertz CT molecular complexity index is 1050. The third-order valence-electron chi connectivity index (χ3n) is 3.73. The van der Waals surface area contributed by atoms with E-state index in [-0.39, 0.29) is 29.4 Å². The largest absolute Gasteiger partial charge is 0.457 e. The number of hydrogen-bond acceptors (Lipinski definition) is 5. The highest BCUT2D eigenvalue weighted by Gasteiger charge is 2.35. The smallest absolute Gasteiger partial charge is 0.420 e. The first kappa shape index (κ1) is 23.2. The van der Waals surface area contributed by atoms with E-state index in [1.54, 1.807) is 0 Å². The summed E-state index contributed by atoms with van der Waals surface area (Å²) in [5.41, 5.74) is 14.3. The Morgan fingerprint density at radius 2 is 1.70 bits per heavy atom. The normalized spacial score (nSPS) is 11.7. The fourth-order valence-corrected chi connectivity index (χ4v) is 3.65. The number of halogens is 3. The Hall–Kier alpha value is -3.12. The van der Waals surface area contributed by atoms with Gasteiger partial charge < -0.3 is 21.9 Å². The number of amides is 1. The highest BCUT2D eigenvalue weighted by molar-refractivity contribution is 7.90. The lowest BCUT2D eigenvalue weighted by molar-refractivity contribution is -0.138. The van der Waals surface area contributed by atoms with Crippen LogP contribution in [0.3, 0.4) is 0 Å². The standard InChI is InChI=1S/C18H19F3N4O4S/c19-18(20,21)14-9-12(16(26)25-17(23)24)3-6-15(14)29-13-4-1-11(2-5-13)10-30(27,28)8-7-22/h1-6,9H,7-8,10,22H2,(H4,23,24,25,26). The van der Waals surface area contributed by atoms with Crippen LogP contribution in [0.5, 0.6) is 11.5 Å². The van der Waals surface area contributed by atoms with Crippen molar-refractivity contribution < 1.29 is 31.1 Å². The number of nitrogens with zero attached hydrogens (tertiary/aromatic N) is 1. The van der Waals surface area contributed by atoms with Gasteiger partial charge in [0.2, 0.25) is 0 Å². The van der Waals surface area contributed by atoms with E-state index in [1.165, 1.54) is 24.3 Å². The van der Waals surface area contributed by atoms with Crippen molar-refractivity contribution >= 4 is 21.7 Å². The molecule has 1 amide bonds. The van der Waals surface area contributed by atoms with Crippen LogP contribution in [0.4, 0.5) is 13.2 Å². The molecular weight excluding hydrogens is 425 g/mol. The molecule has 0 saturated heterocycles. The van der Waals surface area contributed by atoms with Crippen LogP contribution in [0.2, 0.25) is 0 Å². The lowest BCUT2D eigenvalue weighted by Gasteiger charge is -2.15. The maximum atomic E-state index is 13.4. The molecule has 0 aliphatic carbocycles. The fourth-order valence-electron chi connectivity index (χ4n) is 2.44. The first-order valence-corrected chi connectivity index (χ1v) is 10.3. The van der Waals surface area contributed by atoms with Gasteiger partial charge in [0, 0.05) is 12.1 Å². The highest BCUT2D eigenvalue weighted by atomic mass is 32.2. The monoisotopic (exact) mass is 444 g/mol. The van der Waals surface area contributed by atoms with Crippen LogP contribution in [0, 0.1) is 0 Å². The number of benzene rings is 2. The zero-order valence-corrected chi connectivity index (χ0v) is 16.3. The maximum absolute atomic E-state index is 13.4. The molecule has 0 aliphatic heterocycles. The number of carbonyl (C=O) groups excluding carboxylic acids is 1. The summed E-state index contributed by atoms with van der Waals surface area (Å²) in [6.45, 7) is -0.00850. The van der Waals surface area contributed by atoms with Crippen molar-refractivity contribution in [2.45, 2.75) is 11.9 Å². The molecule has 0 atom stereocenters. The molecule has 2 rings (SSSR count). The van der Waals surface area contributed by atoms with Crippen LogP contribution in [-0.2, 0) is 21.8 Å². The van der Waals surface area contributed by atoms with E-state index in [2.05, 4.69) is 4.99 Å². The van der Waals surface area contributed by atoms with Gasteiger partial charge in [0.15, 0.2) is 15.8 Å². The molecule has 8 nitrogen and oxygen atoms in total. The number of sulfone groups is 1. The molecule has 2 aromatic rings. The summed E-state index contributed by atoms with van der Waals surface area (Å²) in [7, 11) is -3.38. The zero-order valence-electron chi connectivity index (χ0n) is 15.5. The second-order valence-corrected chi connectivity index (χ2v) is 8.36. The van der Waals surface area contributed by atoms with Crippen LogP contribution >= 0.6 is 0 Å². The lowest BCUT2D eigenvalue weighted by Crippen LogP contribution is -2.24. The average Bonchev–Trinajstić information content (AvgIpc) is 2.61. The van der Waals surface area contributed by atoms with Gasteiger partial charge in [-0.3, -0.25) is 4.79 Å². The number of rotatable bonds is 7. The average molecular weight is 444 g/mol. The highest BCUT2D eigenvalue weighted by Crippen LogP contribution is 2.39. The molecule has 162 valence electrons. The number of ether oxygens (including phenoxy) is 1. The molecule has 0 unspecified atom stereocenters. The van der Waals surface area contributed by atoms with E-state index < -0.39 is 39.2 Å². The first-order valence-electron chi connectivity index (χ1n) is 8.44. The molecule has 2 aromatic carbocycles. The van der Waals surface area contributed by atoms with Crippen LogP contribution in [0.1, 0.15) is 21.5 Å². The minimum atomic E-state index is -4.82. The van der Waals surface area contributed by atoms with Gasteiger partial charge >= 0.3 is 6.18 Å². The van der Waals surface area contributed by atoms with Crippen molar-refractivity contribution in [1.29, 1.82) is 0 Å². The van der Waals surface area contributed by atoms with Gasteiger partial charge in [-0.15, -0.1) is 0 Å². The van der Waals surface area contributed by atoms with E-state index in [9.17, 15) is 26.4 Å². The number of carbonyl (C=O) groups is 1. The molecule has 0 fully saturated rings. The minimum absolute atomic E-state index is 0.00850. The molecule has 30 heavy (non-hydrogen) atoms. The van der Waals surface area contributed by atoms with Gasteiger partial charge in [-0.1, -0.05) is 12.1 Å². The van der Waals surface area contributed by atoms with Crippen LogP contribution in [-0.4, -0.2) is 32.6 Å². The summed E-state index contributed by atoms with van der Waals surface area (Å²) in [6.07, 6.45) is -4.82. The molecule has 0 saturated carbocycles. The first-order chi connectivity index (χ1) is 13.9. The number of aliphatic imine (C=N–C) groups is 1. The number of hydrogen-bond donors (Lipinski definition) is 3. The lowest BCUT2D eigenvalue weighted by atomic mass is 10.1. The molecule has 0 aliphatic rings. The molecular formula is C18H19F3N4O4S. The Morgan fingerprint density at radius 3 is 2.23 bits per heavy atom. The van der Waals surface area contributed by atoms with Gasteiger partial charge in [-0.25, -0.2) is 8.42 Å². The van der Waals surface area contributed by atoms with E-state index in [4.69, 9.17) is 21.9 Å². The summed E-state index contributed by atoms with van der Waals surface area (Å²) < 4.78 is 69.2. The molecule has 0 aromatic heterocycles. The molecule has 12 heteroatoms. The molecule has 0 bridgehead atoms. The Morgan fingerprint density at radius 1 is 1.07 bits per heavy atom. The Balaban J connectivity index is 2.29. The summed E-state index contributed by atoms with van der Waals surface area (Å²) in [6, 6.07) is 8.17. The molecule has 0 heterocycles. The predicted octanol–water partition coefficient (Wildman–Crippen LogP) is 1.78. The van der Waals surface area contributed by atoms with Gasteiger partial charge in [0.05, 0.1) is 17.1 Å². The van der Waals surface area contributed by atoms with Crippen molar-refractivity contribution in [3.05, 3.63) is 59.2 Å². The van der Waals surface area contributed by atoms with Crippen molar-refractivity contribution in [1.82, 2.24) is 0 Å². The summed E-state index contributed by atoms with van der Waals surface area (Å²) >= 11 is 0. The summed E-state index contributed by atoms with van der Waals surface area (Å²) in [5, 5.41) is 0. The van der Waals surface area contributed by atoms with Gasteiger partial charge in [0.25, 0.3) is 5.91 Å². The van der Waals surface area contributed by atoms with E-state index in [0.29, 0.717) is 11.6 Å². The van der Waals surface area contributed by atoms with Crippen molar-refractivity contribution in [3.63, 3.8) is 0 Å². The quantitative estimate of drug-likeness (QED) is 0.435. The van der Waals surface area contributed by atoms with Crippen LogP contribution in [0.15, 0.2) is 47.5 Å². The number of guanidine groups is 1. The van der Waals surface area contributed by atoms with Gasteiger partial charge in [-0.2, -0.15) is 18.2 Å². The van der Waals surface area contributed by atoms with Gasteiger partial charge in [0.1, 0.15) is 11.5 Å². The van der Waals surface area contributed by atoms with E-state index in [0.717, 1.165) is 12.1 Å². The predicted molar refractivity (Wildman–Crippen MR) is 105 cm³/mol. The van der Waals surface area contributed by atoms with E-state index in [1.807, 2.05) is 0 Å². The SMILES string of the molecule is NCCS(=O)(=O)Cc1ccc(Oc2ccc(C(=O)N=C(N)N)cc2C(F)(F)F)cc1. The van der Waals surface area contributed by atoms with Crippen molar-refractivity contribution in [3.8, 4) is 11.5 Å². The maximum Gasteiger partial charge on any atom is 0.420 e. The third kappa shape index (κ3) is 6.46. The number of alkyl halides is 3. The Labute approximate surface area is 170 Å². The van der Waals surface area contributed by atoms with Crippen LogP contribution < -0.4 is 21.9 Å². The van der Waals surface area contributed by atoms with E-state index >= 15 is 0 Å². The molecule has 6 N–H and O–H groups in total. The topological polar surface area (TPSA) is 151 Å².